The summed E-state index contributed by atoms with van der Waals surface area (Å²) in [6.45, 7) is 4.67. The third-order valence-corrected chi connectivity index (χ3v) is 4.71. The molecular weight excluding hydrogens is 329 g/mol. The highest BCUT2D eigenvalue weighted by Crippen LogP contribution is 2.31. The lowest BCUT2D eigenvalue weighted by atomic mass is 9.95. The standard InChI is InChI=1S/C20H26FN5/c1-4-22-18-24-17(20(2,3)21)25-19(26-18)23-16-12-8-11-15(16)13-14-9-6-5-7-10-14/h4-7,9-10,15-16H,8,11-13H2,1-3H3,(H,23,24,25,26). The Morgan fingerprint density at radius 2 is 1.96 bits per heavy atom. The fourth-order valence-electron chi connectivity index (χ4n) is 3.42. The summed E-state index contributed by atoms with van der Waals surface area (Å²) >= 11 is 0. The Morgan fingerprint density at radius 1 is 1.19 bits per heavy atom. The van der Waals surface area contributed by atoms with E-state index in [0.717, 1.165) is 12.8 Å². The van der Waals surface area contributed by atoms with Crippen LogP contribution in [-0.2, 0) is 12.1 Å². The summed E-state index contributed by atoms with van der Waals surface area (Å²) in [6.07, 6.45) is 6.01. The molecule has 0 saturated heterocycles. The van der Waals surface area contributed by atoms with Gasteiger partial charge in [0.1, 0.15) is 0 Å². The second kappa shape index (κ2) is 7.89. The third kappa shape index (κ3) is 4.62. The summed E-state index contributed by atoms with van der Waals surface area (Å²) < 4.78 is 14.4. The number of alkyl halides is 1. The molecule has 0 amide bonds. The number of nitrogens with one attached hydrogen (secondary N) is 1. The van der Waals surface area contributed by atoms with Gasteiger partial charge >= 0.3 is 0 Å². The van der Waals surface area contributed by atoms with Crippen molar-refractivity contribution in [3.63, 3.8) is 0 Å². The van der Waals surface area contributed by atoms with E-state index in [9.17, 15) is 4.39 Å². The van der Waals surface area contributed by atoms with Gasteiger partial charge in [-0.15, -0.1) is 0 Å². The van der Waals surface area contributed by atoms with Crippen molar-refractivity contribution in [2.24, 2.45) is 10.9 Å². The van der Waals surface area contributed by atoms with Crippen LogP contribution in [0.5, 0.6) is 0 Å². The Bertz CT molecular complexity index is 755. The van der Waals surface area contributed by atoms with E-state index in [1.54, 1.807) is 13.1 Å². The van der Waals surface area contributed by atoms with Crippen molar-refractivity contribution in [2.45, 2.75) is 58.2 Å². The molecule has 2 atom stereocenters. The van der Waals surface area contributed by atoms with Crippen molar-refractivity contribution in [1.29, 1.82) is 0 Å². The molecule has 0 bridgehead atoms. The first kappa shape index (κ1) is 18.4. The molecule has 1 fully saturated rings. The summed E-state index contributed by atoms with van der Waals surface area (Å²) in [5, 5.41) is 3.42. The molecule has 1 aromatic heterocycles. The maximum Gasteiger partial charge on any atom is 0.254 e. The Morgan fingerprint density at radius 3 is 2.65 bits per heavy atom. The third-order valence-electron chi connectivity index (χ3n) is 4.71. The van der Waals surface area contributed by atoms with Gasteiger partial charge in [-0.3, -0.25) is 0 Å². The summed E-state index contributed by atoms with van der Waals surface area (Å²) in [6, 6.07) is 10.8. The van der Waals surface area contributed by atoms with Crippen LogP contribution in [0.4, 0.5) is 16.3 Å². The number of rotatable bonds is 6. The predicted molar refractivity (Wildman–Crippen MR) is 103 cm³/mol. The van der Waals surface area contributed by atoms with Crippen LogP contribution in [0.3, 0.4) is 0 Å². The van der Waals surface area contributed by atoms with Crippen molar-refractivity contribution >= 4 is 18.1 Å². The van der Waals surface area contributed by atoms with Gasteiger partial charge in [0.2, 0.25) is 5.95 Å². The van der Waals surface area contributed by atoms with Crippen LogP contribution in [0.15, 0.2) is 35.3 Å². The Balaban J connectivity index is 1.79. The Hall–Kier alpha value is -2.37. The van der Waals surface area contributed by atoms with Gasteiger partial charge < -0.3 is 5.32 Å². The van der Waals surface area contributed by atoms with Gasteiger partial charge in [-0.2, -0.15) is 15.0 Å². The summed E-state index contributed by atoms with van der Waals surface area (Å²) in [5.74, 6) is 1.26. The van der Waals surface area contributed by atoms with Gasteiger partial charge in [-0.05, 0) is 51.5 Å². The van der Waals surface area contributed by atoms with Crippen molar-refractivity contribution in [3.8, 4) is 0 Å². The molecule has 26 heavy (non-hydrogen) atoms. The van der Waals surface area contributed by atoms with Crippen LogP contribution in [-0.4, -0.2) is 27.2 Å². The summed E-state index contributed by atoms with van der Waals surface area (Å²) in [5.41, 5.74) is -0.306. The van der Waals surface area contributed by atoms with Crippen molar-refractivity contribution in [1.82, 2.24) is 15.0 Å². The van der Waals surface area contributed by atoms with E-state index in [0.29, 0.717) is 11.9 Å². The lowest BCUT2D eigenvalue weighted by Crippen LogP contribution is -2.27. The van der Waals surface area contributed by atoms with E-state index >= 15 is 0 Å². The topological polar surface area (TPSA) is 63.1 Å². The molecule has 0 radical (unpaired) electrons. The first-order valence-electron chi connectivity index (χ1n) is 9.20. The number of halogens is 1. The summed E-state index contributed by atoms with van der Waals surface area (Å²) in [4.78, 5) is 16.9. The van der Waals surface area contributed by atoms with Gasteiger partial charge in [0.25, 0.3) is 5.95 Å². The molecular formula is C20H26FN5. The maximum absolute atomic E-state index is 14.4. The zero-order valence-corrected chi connectivity index (χ0v) is 15.6. The number of hydrogen-bond acceptors (Lipinski definition) is 5. The molecule has 1 aliphatic carbocycles. The highest BCUT2D eigenvalue weighted by Gasteiger charge is 2.29. The van der Waals surface area contributed by atoms with Gasteiger partial charge in [0.05, 0.1) is 0 Å². The zero-order valence-electron chi connectivity index (χ0n) is 15.6. The van der Waals surface area contributed by atoms with Crippen LogP contribution in [0, 0.1) is 5.92 Å². The molecule has 1 saturated carbocycles. The highest BCUT2D eigenvalue weighted by molar-refractivity contribution is 5.57. The molecule has 5 nitrogen and oxygen atoms in total. The highest BCUT2D eigenvalue weighted by atomic mass is 19.1. The lowest BCUT2D eigenvalue weighted by molar-refractivity contribution is 0.206. The molecule has 0 aliphatic heterocycles. The lowest BCUT2D eigenvalue weighted by Gasteiger charge is -2.22. The molecule has 1 aliphatic rings. The Labute approximate surface area is 154 Å². The van der Waals surface area contributed by atoms with Gasteiger partial charge in [-0.1, -0.05) is 36.8 Å². The quantitative estimate of drug-likeness (QED) is 0.768. The van der Waals surface area contributed by atoms with Crippen molar-refractivity contribution in [3.05, 3.63) is 41.7 Å². The van der Waals surface area contributed by atoms with Gasteiger partial charge in [0.15, 0.2) is 11.5 Å². The SMILES string of the molecule is CC=Nc1nc(NC2CCCC2Cc2ccccc2)nc(C(C)(C)F)n1. The fourth-order valence-corrected chi connectivity index (χ4v) is 3.42. The van der Waals surface area contributed by atoms with Gasteiger partial charge in [-0.25, -0.2) is 9.38 Å². The van der Waals surface area contributed by atoms with E-state index in [1.807, 2.05) is 6.07 Å². The van der Waals surface area contributed by atoms with Crippen LogP contribution in [0.1, 0.15) is 51.4 Å². The molecule has 3 rings (SSSR count). The minimum Gasteiger partial charge on any atom is -0.351 e. The molecule has 0 spiro atoms. The monoisotopic (exact) mass is 355 g/mol. The molecule has 6 heteroatoms. The molecule has 1 aromatic carbocycles. The zero-order chi connectivity index (χ0) is 18.6. The minimum absolute atomic E-state index is 0.105. The smallest absolute Gasteiger partial charge is 0.254 e. The number of benzene rings is 1. The number of nitrogens with zero attached hydrogens (tertiary/aromatic N) is 4. The second-order valence-corrected chi connectivity index (χ2v) is 7.27. The average molecular weight is 355 g/mol. The number of hydrogen-bond donors (Lipinski definition) is 1. The van der Waals surface area contributed by atoms with E-state index < -0.39 is 5.67 Å². The number of aliphatic imine (C=N–C) groups is 1. The van der Waals surface area contributed by atoms with E-state index in [-0.39, 0.29) is 17.8 Å². The van der Waals surface area contributed by atoms with E-state index in [4.69, 9.17) is 0 Å². The number of anilines is 1. The molecule has 138 valence electrons. The van der Waals surface area contributed by atoms with Gasteiger partial charge in [0, 0.05) is 12.3 Å². The van der Waals surface area contributed by atoms with Crippen LogP contribution in [0.25, 0.3) is 0 Å². The fraction of sp³-hybridized carbons (Fsp3) is 0.500. The largest absolute Gasteiger partial charge is 0.351 e. The van der Waals surface area contributed by atoms with Crippen LogP contribution >= 0.6 is 0 Å². The molecule has 2 aromatic rings. The normalized spacial score (nSPS) is 20.6. The molecule has 1 N–H and O–H groups in total. The van der Waals surface area contributed by atoms with Crippen molar-refractivity contribution in [2.75, 3.05) is 5.32 Å². The minimum atomic E-state index is -1.64. The van der Waals surface area contributed by atoms with Crippen LogP contribution < -0.4 is 5.32 Å². The molecule has 1 heterocycles. The first-order valence-corrected chi connectivity index (χ1v) is 9.20. The maximum atomic E-state index is 14.4. The van der Waals surface area contributed by atoms with E-state index in [1.165, 1.54) is 32.3 Å². The van der Waals surface area contributed by atoms with E-state index in [2.05, 4.69) is 49.5 Å². The second-order valence-electron chi connectivity index (χ2n) is 7.27. The molecule has 2 unspecified atom stereocenters. The Kier molecular flexibility index (Phi) is 5.59. The summed E-state index contributed by atoms with van der Waals surface area (Å²) in [7, 11) is 0. The van der Waals surface area contributed by atoms with Crippen molar-refractivity contribution < 1.29 is 4.39 Å². The average Bonchev–Trinajstić information content (AvgIpc) is 3.02. The number of aromatic nitrogens is 3. The van der Waals surface area contributed by atoms with Crippen LogP contribution in [0.2, 0.25) is 0 Å². The predicted octanol–water partition coefficient (Wildman–Crippen LogP) is 4.62. The first-order chi connectivity index (χ1) is 12.5.